The maximum Gasteiger partial charge on any atom is 0.252 e. The van der Waals surface area contributed by atoms with E-state index in [4.69, 9.17) is 8.83 Å². The average Bonchev–Trinajstić information content (AvgIpc) is 1.69. The smallest absolute Gasteiger partial charge is 0.252 e. The minimum absolute atomic E-state index is 0.0662. The van der Waals surface area contributed by atoms with Crippen LogP contribution < -0.4 is 26.2 Å². The minimum Gasteiger partial charge on any atom is -0.456 e. The molecule has 522 valence electrons. The van der Waals surface area contributed by atoms with Crippen molar-refractivity contribution in [3.8, 4) is 55.9 Å². The summed E-state index contributed by atoms with van der Waals surface area (Å²) in [6.45, 7) is 18.9. The van der Waals surface area contributed by atoms with E-state index in [-0.39, 0.29) is 43.6 Å². The molecule has 2 aliphatic heterocycles. The van der Waals surface area contributed by atoms with Crippen molar-refractivity contribution in [3.05, 3.63) is 332 Å². The fraction of sp³-hybridized carbons (Fsp3) is 0.118. The Bertz CT molecular complexity index is 7870. The van der Waals surface area contributed by atoms with E-state index in [9.17, 15) is 21.9 Å². The predicted molar refractivity (Wildman–Crippen MR) is 462 cm³/mol. The van der Waals surface area contributed by atoms with Crippen LogP contribution in [0.1, 0.15) is 101 Å². The molecule has 6 nitrogen and oxygen atoms in total. The van der Waals surface area contributed by atoms with Gasteiger partial charge in [0.25, 0.3) is 6.71 Å². The molecule has 6 heterocycles. The summed E-state index contributed by atoms with van der Waals surface area (Å²) in [5.74, 6) is 0. The topological polar surface area (TPSA) is 42.6 Å². The highest BCUT2D eigenvalue weighted by Gasteiger charge is 2.47. The molecule has 109 heavy (non-hydrogen) atoms. The van der Waals surface area contributed by atoms with Crippen molar-refractivity contribution in [3.63, 3.8) is 0 Å². The molecule has 0 aliphatic carbocycles. The number of benzene rings is 15. The monoisotopic (exact) mass is 1420 g/mol. The molecule has 21 rings (SSSR count). The Labute approximate surface area is 657 Å². The normalized spacial score (nSPS) is 15.2. The zero-order chi connectivity index (χ0) is 87.4. The molecule has 0 fully saturated rings. The molecule has 0 N–H and O–H groups in total. The van der Waals surface area contributed by atoms with Crippen LogP contribution in [-0.4, -0.2) is 15.8 Å². The van der Waals surface area contributed by atoms with Crippen LogP contribution in [0.25, 0.3) is 143 Å². The van der Waals surface area contributed by atoms with Gasteiger partial charge in [-0.15, -0.1) is 0 Å². The summed E-state index contributed by atoms with van der Waals surface area (Å²) in [5.41, 5.74) is 16.9. The predicted octanol–water partition coefficient (Wildman–Crippen LogP) is 26.3. The van der Waals surface area contributed by atoms with Gasteiger partial charge in [-0.05, 0) is 169 Å². The van der Waals surface area contributed by atoms with Crippen LogP contribution in [0.4, 0.5) is 34.1 Å². The van der Waals surface area contributed by atoms with Crippen molar-refractivity contribution in [2.75, 3.05) is 9.80 Å². The van der Waals surface area contributed by atoms with E-state index >= 15 is 0 Å². The summed E-state index contributed by atoms with van der Waals surface area (Å²) >= 11 is 0. The molecular formula is C102H79BN4O2. The second kappa shape index (κ2) is 23.8. The Kier molecular flexibility index (Phi) is 10.9. The Balaban J connectivity index is 0.999. The van der Waals surface area contributed by atoms with Gasteiger partial charge in [0, 0.05) is 105 Å². The maximum atomic E-state index is 9.99. The molecule has 7 heteroatoms. The van der Waals surface area contributed by atoms with Crippen LogP contribution in [-0.2, 0) is 16.2 Å². The highest BCUT2D eigenvalue weighted by molar-refractivity contribution is 7.00. The van der Waals surface area contributed by atoms with Gasteiger partial charge in [-0.3, -0.25) is 0 Å². The molecule has 0 radical (unpaired) electrons. The summed E-state index contributed by atoms with van der Waals surface area (Å²) < 4.78 is 170. The van der Waals surface area contributed by atoms with E-state index < -0.39 is 120 Å². The first kappa shape index (κ1) is 49.9. The van der Waals surface area contributed by atoms with Gasteiger partial charge in [-0.25, -0.2) is 0 Å². The number of anilines is 6. The summed E-state index contributed by atoms with van der Waals surface area (Å²) in [6.07, 6.45) is 0. The second-order valence-electron chi connectivity index (χ2n) is 32.0. The van der Waals surface area contributed by atoms with Crippen LogP contribution >= 0.6 is 0 Å². The number of furan rings is 2. The van der Waals surface area contributed by atoms with E-state index in [0.29, 0.717) is 73.1 Å². The second-order valence-corrected chi connectivity index (χ2v) is 32.0. The molecule has 0 atom stereocenters. The molecular weight excluding hydrogens is 1320 g/mol. The number of para-hydroxylation sites is 7. The first-order chi connectivity index (χ1) is 59.6. The maximum absolute atomic E-state index is 9.99. The van der Waals surface area contributed by atoms with Crippen molar-refractivity contribution in [1.82, 2.24) is 9.13 Å². The summed E-state index contributed by atoms with van der Waals surface area (Å²) in [7, 11) is 0. The highest BCUT2D eigenvalue weighted by Crippen LogP contribution is 2.57. The minimum atomic E-state index is -0.829. The van der Waals surface area contributed by atoms with E-state index in [1.54, 1.807) is 9.13 Å². The average molecular weight is 1420 g/mol. The third-order valence-electron chi connectivity index (χ3n) is 22.4. The third kappa shape index (κ3) is 9.88. The van der Waals surface area contributed by atoms with Gasteiger partial charge in [0.05, 0.1) is 55.4 Å². The largest absolute Gasteiger partial charge is 0.456 e. The van der Waals surface area contributed by atoms with Gasteiger partial charge < -0.3 is 27.8 Å². The summed E-state index contributed by atoms with van der Waals surface area (Å²) in [6, 6.07) is 66.1. The summed E-state index contributed by atoms with van der Waals surface area (Å²) in [4.78, 5) is 4.68. The van der Waals surface area contributed by atoms with Crippen LogP contribution in [0.2, 0.25) is 0 Å². The fourth-order valence-corrected chi connectivity index (χ4v) is 17.2. The molecule has 15 aromatic carbocycles. The number of aromatic nitrogens is 2. The van der Waals surface area contributed by atoms with Crippen LogP contribution in [0.5, 0.6) is 0 Å². The Hall–Kier alpha value is -12.8. The quantitative estimate of drug-likeness (QED) is 0.142. The molecule has 0 unspecified atom stereocenters. The lowest BCUT2D eigenvalue weighted by Crippen LogP contribution is -2.61. The highest BCUT2D eigenvalue weighted by atomic mass is 16.3. The first-order valence-electron chi connectivity index (χ1n) is 45.0. The Morgan fingerprint density at radius 1 is 0.303 bits per heavy atom. The summed E-state index contributed by atoms with van der Waals surface area (Å²) in [5, 5.41) is 3.20. The van der Waals surface area contributed by atoms with Crippen molar-refractivity contribution in [2.45, 2.75) is 78.6 Å². The number of hydrogen-bond acceptors (Lipinski definition) is 4. The van der Waals surface area contributed by atoms with Gasteiger partial charge in [-0.1, -0.05) is 274 Å². The number of rotatable bonds is 8. The van der Waals surface area contributed by atoms with E-state index in [0.717, 1.165) is 93.9 Å². The molecule has 0 spiro atoms. The van der Waals surface area contributed by atoms with Crippen LogP contribution in [0.3, 0.4) is 0 Å². The standard InChI is InChI=1S/C102H79BN4O2/c1-100(2,3)64-54-78(62-30-12-10-13-31-62)97(80(56-64)74-40-29-49-94-95(74)77-39-21-27-48-93(77)108-94)106-88-60-67(104-84-43-22-16-34-69(84)70-35-17-23-44-85(70)104)50-52-82(88)103-83-53-51-68(105-86-45-24-18-36-71(86)72-37-19-25-46-87(72)105)61-89(83)107(91-59-66(102(7,8)9)58-90(106)96(91)103)98-79(63-32-14-11-15-33-63)55-65(101(4,5)6)57-81(98)76-42-28-41-75-73-38-20-26-47-92(73)109-99(75)76/h10-61H,1-9H3/i16D,17D,18D,19D,22D,23D,24D,25D,34D,35D,36D,37D,43D,44D,45D,46D. The van der Waals surface area contributed by atoms with Gasteiger partial charge in [0.15, 0.2) is 0 Å². The molecule has 4 aromatic heterocycles. The third-order valence-corrected chi connectivity index (χ3v) is 22.4. The van der Waals surface area contributed by atoms with E-state index in [2.05, 4.69) is 169 Å². The van der Waals surface area contributed by atoms with Gasteiger partial charge in [0.2, 0.25) is 0 Å². The lowest BCUT2D eigenvalue weighted by atomic mass is 9.33. The molecule has 0 bridgehead atoms. The van der Waals surface area contributed by atoms with Gasteiger partial charge >= 0.3 is 0 Å². The zero-order valence-electron chi connectivity index (χ0n) is 77.5. The molecule has 0 saturated carbocycles. The van der Waals surface area contributed by atoms with E-state index in [1.807, 2.05) is 121 Å². The molecule has 0 saturated heterocycles. The van der Waals surface area contributed by atoms with Crippen molar-refractivity contribution >= 4 is 145 Å². The molecule has 2 aliphatic rings. The van der Waals surface area contributed by atoms with Gasteiger partial charge in [-0.2, -0.15) is 0 Å². The Morgan fingerprint density at radius 3 is 1.17 bits per heavy atom. The number of hydrogen-bond donors (Lipinski definition) is 0. The number of nitrogens with zero attached hydrogens (tertiary/aromatic N) is 4. The lowest BCUT2D eigenvalue weighted by Gasteiger charge is -2.47. The van der Waals surface area contributed by atoms with E-state index in [1.165, 1.54) is 0 Å². The molecule has 19 aromatic rings. The SMILES string of the molecule is [2H]c1c([2H])c([2H])c2c(c1[2H])c1c([2H])c([2H])c([2H])c([2H])c1n2-c1ccc2c(c1)N(c1c(-c3ccccc3)cc(C(C)(C)C)cc1-c1cccc3c1oc1ccccc13)c1cc(C(C)(C)C)cc3c1B2c1ccc(-n2c4c([2H])c([2H])c([2H])c([2H])c4c4c([2H])c([2H])c([2H])c([2H])c42)cc1N3c1c(-c2ccccc2)cc(C(C)(C)C)cc1-c1cccc2oc3ccccc3c12. The Morgan fingerprint density at radius 2 is 0.688 bits per heavy atom. The van der Waals surface area contributed by atoms with Crippen molar-refractivity contribution in [2.24, 2.45) is 0 Å². The lowest BCUT2D eigenvalue weighted by molar-refractivity contribution is 0.590. The zero-order valence-corrected chi connectivity index (χ0v) is 61.5. The van der Waals surface area contributed by atoms with Crippen molar-refractivity contribution in [1.29, 1.82) is 0 Å². The van der Waals surface area contributed by atoms with Crippen molar-refractivity contribution < 1.29 is 30.8 Å². The van der Waals surface area contributed by atoms with Gasteiger partial charge in [0.1, 0.15) is 22.3 Å². The number of fused-ring (bicyclic) bond motifs is 16. The van der Waals surface area contributed by atoms with Crippen LogP contribution in [0, 0.1) is 0 Å². The van der Waals surface area contributed by atoms with Crippen LogP contribution in [0.15, 0.2) is 324 Å². The first-order valence-corrected chi connectivity index (χ1v) is 37.0. The fourth-order valence-electron chi connectivity index (χ4n) is 17.2. The molecule has 0 amide bonds.